The number of nitrogens with one attached hydrogen (secondary N) is 1. The van der Waals surface area contributed by atoms with Crippen molar-refractivity contribution < 1.29 is 4.79 Å². The molecule has 1 aromatic heterocycles. The van der Waals surface area contributed by atoms with Gasteiger partial charge < -0.3 is 5.32 Å². The first-order valence-corrected chi connectivity index (χ1v) is 8.55. The van der Waals surface area contributed by atoms with Crippen LogP contribution in [-0.2, 0) is 11.3 Å². The van der Waals surface area contributed by atoms with E-state index in [0.29, 0.717) is 15.7 Å². The maximum absolute atomic E-state index is 12.3. The minimum Gasteiger partial charge on any atom is -0.323 e. The molecule has 0 aliphatic heterocycles. The average molecular weight is 399 g/mol. The van der Waals surface area contributed by atoms with Crippen LogP contribution in [0, 0.1) is 11.3 Å². The first-order chi connectivity index (χ1) is 13.0. The molecular weight excluding hydrogens is 387 g/mol. The molecule has 0 radical (unpaired) electrons. The van der Waals surface area contributed by atoms with Crippen molar-refractivity contribution in [3.63, 3.8) is 0 Å². The van der Waals surface area contributed by atoms with Crippen molar-refractivity contribution in [3.8, 4) is 17.3 Å². The predicted molar refractivity (Wildman–Crippen MR) is 104 cm³/mol. The van der Waals surface area contributed by atoms with Crippen molar-refractivity contribution in [2.45, 2.75) is 6.54 Å². The maximum atomic E-state index is 12.3. The summed E-state index contributed by atoms with van der Waals surface area (Å²) in [6, 6.07) is 16.4. The number of aromatic nitrogens is 2. The quantitative estimate of drug-likeness (QED) is 0.724. The lowest BCUT2D eigenvalue weighted by Crippen LogP contribution is -2.29. The standard InChI is InChI=1S/C19H12Cl2N4O2/c20-14-4-1-12(2-5-14)16-7-8-19(27)25(24-16)11-18(26)23-17-9-15(21)6-3-13(17)10-22/h1-9H,11H2,(H,23,26). The number of nitrogens with zero attached hydrogens (tertiary/aromatic N) is 3. The molecule has 1 N–H and O–H groups in total. The zero-order valence-corrected chi connectivity index (χ0v) is 15.3. The normalized spacial score (nSPS) is 10.3. The molecule has 1 amide bonds. The third kappa shape index (κ3) is 4.53. The predicted octanol–water partition coefficient (Wildman–Crippen LogP) is 3.73. The highest BCUT2D eigenvalue weighted by molar-refractivity contribution is 6.31. The van der Waals surface area contributed by atoms with Crippen LogP contribution in [0.4, 0.5) is 5.69 Å². The van der Waals surface area contributed by atoms with Crippen LogP contribution in [0.3, 0.4) is 0 Å². The highest BCUT2D eigenvalue weighted by Crippen LogP contribution is 2.21. The van der Waals surface area contributed by atoms with E-state index in [1.165, 1.54) is 18.2 Å². The van der Waals surface area contributed by atoms with Gasteiger partial charge in [0.05, 0.1) is 16.9 Å². The summed E-state index contributed by atoms with van der Waals surface area (Å²) in [5.74, 6) is -0.503. The Kier molecular flexibility index (Phi) is 5.55. The molecule has 6 nitrogen and oxygen atoms in total. The van der Waals surface area contributed by atoms with Gasteiger partial charge in [-0.1, -0.05) is 35.3 Å². The first kappa shape index (κ1) is 18.6. The second-order valence-electron chi connectivity index (χ2n) is 5.57. The Balaban J connectivity index is 1.83. The van der Waals surface area contributed by atoms with Crippen molar-refractivity contribution in [1.82, 2.24) is 9.78 Å². The van der Waals surface area contributed by atoms with Gasteiger partial charge in [0.2, 0.25) is 5.91 Å². The fourth-order valence-electron chi connectivity index (χ4n) is 2.38. The molecule has 8 heteroatoms. The molecule has 2 aromatic carbocycles. The van der Waals surface area contributed by atoms with Gasteiger partial charge in [-0.3, -0.25) is 9.59 Å². The lowest BCUT2D eigenvalue weighted by Gasteiger charge is -2.09. The molecule has 1 heterocycles. The summed E-state index contributed by atoms with van der Waals surface area (Å²) in [5, 5.41) is 16.9. The molecule has 0 spiro atoms. The van der Waals surface area contributed by atoms with Crippen molar-refractivity contribution in [2.75, 3.05) is 5.32 Å². The lowest BCUT2D eigenvalue weighted by molar-refractivity contribution is -0.117. The first-order valence-electron chi connectivity index (χ1n) is 7.80. The molecule has 0 bridgehead atoms. The van der Waals surface area contributed by atoms with E-state index in [0.717, 1.165) is 10.2 Å². The van der Waals surface area contributed by atoms with E-state index >= 15 is 0 Å². The van der Waals surface area contributed by atoms with Gasteiger partial charge in [-0.05, 0) is 36.4 Å². The van der Waals surface area contributed by atoms with Gasteiger partial charge in [-0.15, -0.1) is 0 Å². The third-order valence-electron chi connectivity index (χ3n) is 3.68. The van der Waals surface area contributed by atoms with Crippen LogP contribution >= 0.6 is 23.2 Å². The number of hydrogen-bond acceptors (Lipinski definition) is 4. The second-order valence-corrected chi connectivity index (χ2v) is 6.44. The van der Waals surface area contributed by atoms with E-state index in [4.69, 9.17) is 28.5 Å². The van der Waals surface area contributed by atoms with Gasteiger partial charge in [0, 0.05) is 21.7 Å². The average Bonchev–Trinajstić information content (AvgIpc) is 2.64. The minimum absolute atomic E-state index is 0.267. The van der Waals surface area contributed by atoms with E-state index in [1.54, 1.807) is 36.4 Å². The van der Waals surface area contributed by atoms with Gasteiger partial charge in [0.1, 0.15) is 12.6 Å². The molecule has 0 saturated heterocycles. The van der Waals surface area contributed by atoms with Crippen LogP contribution in [0.5, 0.6) is 0 Å². The molecule has 0 unspecified atom stereocenters. The van der Waals surface area contributed by atoms with Crippen LogP contribution in [0.25, 0.3) is 11.3 Å². The number of nitriles is 1. The van der Waals surface area contributed by atoms with Gasteiger partial charge in [-0.2, -0.15) is 10.4 Å². The zero-order chi connectivity index (χ0) is 19.4. The van der Waals surface area contributed by atoms with Crippen molar-refractivity contribution in [3.05, 3.63) is 80.6 Å². The fourth-order valence-corrected chi connectivity index (χ4v) is 2.68. The fraction of sp³-hybridized carbons (Fsp3) is 0.0526. The topological polar surface area (TPSA) is 87.8 Å². The Bertz CT molecular complexity index is 1100. The number of hydrogen-bond donors (Lipinski definition) is 1. The van der Waals surface area contributed by atoms with Gasteiger partial charge in [-0.25, -0.2) is 4.68 Å². The molecular formula is C19H12Cl2N4O2. The van der Waals surface area contributed by atoms with E-state index in [2.05, 4.69) is 10.4 Å². The number of benzene rings is 2. The van der Waals surface area contributed by atoms with Gasteiger partial charge in [0.25, 0.3) is 5.56 Å². The summed E-state index contributed by atoms with van der Waals surface area (Å²) in [4.78, 5) is 24.4. The molecule has 0 fully saturated rings. The number of carbonyl (C=O) groups excluding carboxylic acids is 1. The number of carbonyl (C=O) groups is 1. The number of rotatable bonds is 4. The van der Waals surface area contributed by atoms with Crippen LogP contribution in [-0.4, -0.2) is 15.7 Å². The number of anilines is 1. The highest BCUT2D eigenvalue weighted by atomic mass is 35.5. The van der Waals surface area contributed by atoms with Crippen molar-refractivity contribution >= 4 is 34.8 Å². The number of halogens is 2. The van der Waals surface area contributed by atoms with Gasteiger partial charge in [0.15, 0.2) is 0 Å². The Morgan fingerprint density at radius 2 is 1.78 bits per heavy atom. The van der Waals surface area contributed by atoms with Gasteiger partial charge >= 0.3 is 0 Å². The zero-order valence-electron chi connectivity index (χ0n) is 13.8. The van der Waals surface area contributed by atoms with Crippen LogP contribution in [0.2, 0.25) is 10.0 Å². The Hall–Kier alpha value is -3.14. The summed E-state index contributed by atoms with van der Waals surface area (Å²) in [6.07, 6.45) is 0. The maximum Gasteiger partial charge on any atom is 0.267 e. The molecule has 0 saturated carbocycles. The Morgan fingerprint density at radius 1 is 1.07 bits per heavy atom. The smallest absolute Gasteiger partial charge is 0.267 e. The van der Waals surface area contributed by atoms with E-state index in [9.17, 15) is 9.59 Å². The molecule has 27 heavy (non-hydrogen) atoms. The van der Waals surface area contributed by atoms with E-state index in [-0.39, 0.29) is 17.8 Å². The molecule has 134 valence electrons. The lowest BCUT2D eigenvalue weighted by atomic mass is 10.1. The summed E-state index contributed by atoms with van der Waals surface area (Å²) in [6.45, 7) is -0.308. The Morgan fingerprint density at radius 3 is 2.48 bits per heavy atom. The number of amides is 1. The van der Waals surface area contributed by atoms with Crippen LogP contribution in [0.1, 0.15) is 5.56 Å². The molecule has 0 atom stereocenters. The van der Waals surface area contributed by atoms with E-state index < -0.39 is 11.5 Å². The third-order valence-corrected chi connectivity index (χ3v) is 4.16. The molecule has 0 aliphatic rings. The Labute approximate surface area is 164 Å². The largest absolute Gasteiger partial charge is 0.323 e. The van der Waals surface area contributed by atoms with Crippen molar-refractivity contribution in [2.24, 2.45) is 0 Å². The molecule has 3 aromatic rings. The van der Waals surface area contributed by atoms with Crippen LogP contribution in [0.15, 0.2) is 59.4 Å². The summed E-state index contributed by atoms with van der Waals surface area (Å²) in [5.41, 5.74) is 1.41. The minimum atomic E-state index is -0.503. The summed E-state index contributed by atoms with van der Waals surface area (Å²) < 4.78 is 1.05. The monoisotopic (exact) mass is 398 g/mol. The summed E-state index contributed by atoms with van der Waals surface area (Å²) >= 11 is 11.8. The second kappa shape index (κ2) is 8.04. The molecule has 3 rings (SSSR count). The highest BCUT2D eigenvalue weighted by Gasteiger charge is 2.11. The molecule has 0 aliphatic carbocycles. The summed E-state index contributed by atoms with van der Waals surface area (Å²) in [7, 11) is 0. The van der Waals surface area contributed by atoms with Crippen LogP contribution < -0.4 is 10.9 Å². The van der Waals surface area contributed by atoms with E-state index in [1.807, 2.05) is 6.07 Å². The SMILES string of the molecule is N#Cc1ccc(Cl)cc1NC(=O)Cn1nc(-c2ccc(Cl)cc2)ccc1=O. The van der Waals surface area contributed by atoms with Crippen molar-refractivity contribution in [1.29, 1.82) is 5.26 Å².